The van der Waals surface area contributed by atoms with Crippen molar-refractivity contribution in [3.05, 3.63) is 59.4 Å². The molecule has 1 heterocycles. The fourth-order valence-electron chi connectivity index (χ4n) is 3.76. The third kappa shape index (κ3) is 6.37. The summed E-state index contributed by atoms with van der Waals surface area (Å²) < 4.78 is 93.9. The van der Waals surface area contributed by atoms with Gasteiger partial charge in [-0.1, -0.05) is 12.1 Å². The molecule has 0 spiro atoms. The normalized spacial score (nSPS) is 19.2. The van der Waals surface area contributed by atoms with Crippen LogP contribution >= 0.6 is 0 Å². The van der Waals surface area contributed by atoms with E-state index in [-0.39, 0.29) is 23.5 Å². The van der Waals surface area contributed by atoms with E-state index < -0.39 is 40.0 Å². The van der Waals surface area contributed by atoms with E-state index in [0.29, 0.717) is 24.9 Å². The Morgan fingerprint density at radius 1 is 1.16 bits per heavy atom. The van der Waals surface area contributed by atoms with Crippen LogP contribution in [0.25, 0.3) is 0 Å². The first-order chi connectivity index (χ1) is 14.4. The number of alkyl halides is 4. The molecule has 0 aliphatic carbocycles. The van der Waals surface area contributed by atoms with Crippen molar-refractivity contribution >= 4 is 10.0 Å². The summed E-state index contributed by atoms with van der Waals surface area (Å²) >= 11 is 0. The summed E-state index contributed by atoms with van der Waals surface area (Å²) in [6.45, 7) is 0.729. The van der Waals surface area contributed by atoms with Crippen LogP contribution in [-0.2, 0) is 10.0 Å². The van der Waals surface area contributed by atoms with Gasteiger partial charge in [0.15, 0.2) is 0 Å². The van der Waals surface area contributed by atoms with Crippen LogP contribution in [0.4, 0.5) is 22.0 Å². The van der Waals surface area contributed by atoms with Crippen molar-refractivity contribution in [3.8, 4) is 5.75 Å². The van der Waals surface area contributed by atoms with Crippen molar-refractivity contribution in [3.63, 3.8) is 0 Å². The minimum atomic E-state index is -4.99. The van der Waals surface area contributed by atoms with Crippen molar-refractivity contribution in [1.82, 2.24) is 4.90 Å². The molecule has 5 nitrogen and oxygen atoms in total. The van der Waals surface area contributed by atoms with Gasteiger partial charge in [-0.25, -0.2) is 22.3 Å². The number of nitrogens with two attached hydrogens (primary N) is 1. The van der Waals surface area contributed by atoms with Crippen LogP contribution in [0.1, 0.15) is 29.9 Å². The topological polar surface area (TPSA) is 72.6 Å². The molecule has 2 atom stereocenters. The average Bonchev–Trinajstić information content (AvgIpc) is 2.65. The molecule has 0 radical (unpaired) electrons. The smallest absolute Gasteiger partial charge is 0.406 e. The van der Waals surface area contributed by atoms with Gasteiger partial charge < -0.3 is 4.74 Å². The van der Waals surface area contributed by atoms with Gasteiger partial charge in [0.2, 0.25) is 10.0 Å². The molecule has 2 N–H and O–H groups in total. The predicted molar refractivity (Wildman–Crippen MR) is 103 cm³/mol. The van der Waals surface area contributed by atoms with Gasteiger partial charge in [-0.2, -0.15) is 0 Å². The molecular formula is C20H21F5N2O3S. The SMILES string of the molecule is NS(=O)(=O)c1ccc(OC(F)(F)F)cc1[C@@H](CN1CCC[C@H](F)C1)c1ccc(F)cc1. The first-order valence-corrected chi connectivity index (χ1v) is 11.0. The lowest BCUT2D eigenvalue weighted by Crippen LogP contribution is -2.39. The first-order valence-electron chi connectivity index (χ1n) is 9.47. The molecule has 0 bridgehead atoms. The van der Waals surface area contributed by atoms with E-state index in [0.717, 1.165) is 30.3 Å². The summed E-state index contributed by atoms with van der Waals surface area (Å²) in [5.41, 5.74) is 0.397. The fraction of sp³-hybridized carbons (Fsp3) is 0.400. The van der Waals surface area contributed by atoms with Gasteiger partial charge in [-0.3, -0.25) is 4.90 Å². The maximum absolute atomic E-state index is 13.9. The van der Waals surface area contributed by atoms with E-state index >= 15 is 0 Å². The van der Waals surface area contributed by atoms with E-state index in [1.807, 2.05) is 0 Å². The molecule has 0 aromatic heterocycles. The molecule has 2 aromatic rings. The second-order valence-corrected chi connectivity index (χ2v) is 8.93. The monoisotopic (exact) mass is 464 g/mol. The number of primary sulfonamides is 1. The number of nitrogens with zero attached hydrogens (tertiary/aromatic N) is 1. The van der Waals surface area contributed by atoms with E-state index in [1.165, 1.54) is 12.1 Å². The number of benzene rings is 2. The fourth-order valence-corrected chi connectivity index (χ4v) is 4.54. The standard InChI is InChI=1S/C20H21F5N2O3S/c21-14-5-3-13(4-6-14)18(12-27-9-1-2-15(22)11-27)17-10-16(30-20(23,24)25)7-8-19(17)31(26,28)29/h3-8,10,15,18H,1-2,9,11-12H2,(H2,26,28,29)/t15-,18-/m0/s1. The Balaban J connectivity index is 2.11. The molecule has 1 fully saturated rings. The number of likely N-dealkylation sites (tertiary alicyclic amines) is 1. The Labute approximate surface area is 176 Å². The first kappa shape index (κ1) is 23.4. The maximum Gasteiger partial charge on any atom is 0.573 e. The number of rotatable bonds is 6. The van der Waals surface area contributed by atoms with Gasteiger partial charge >= 0.3 is 6.36 Å². The minimum Gasteiger partial charge on any atom is -0.406 e. The molecule has 31 heavy (non-hydrogen) atoms. The van der Waals surface area contributed by atoms with E-state index in [1.54, 1.807) is 4.90 Å². The summed E-state index contributed by atoms with van der Waals surface area (Å²) in [7, 11) is -4.31. The van der Waals surface area contributed by atoms with E-state index in [2.05, 4.69) is 4.74 Å². The molecule has 11 heteroatoms. The van der Waals surface area contributed by atoms with Crippen molar-refractivity contribution in [1.29, 1.82) is 0 Å². The Bertz CT molecular complexity index is 1010. The van der Waals surface area contributed by atoms with Gasteiger partial charge in [0.1, 0.15) is 17.7 Å². The molecule has 3 rings (SSSR count). The van der Waals surface area contributed by atoms with Crippen LogP contribution < -0.4 is 9.88 Å². The molecule has 0 amide bonds. The zero-order valence-corrected chi connectivity index (χ0v) is 17.1. The largest absolute Gasteiger partial charge is 0.573 e. The van der Waals surface area contributed by atoms with Crippen LogP contribution in [-0.4, -0.2) is 45.5 Å². The number of hydrogen-bond donors (Lipinski definition) is 1. The summed E-state index contributed by atoms with van der Waals surface area (Å²) in [5.74, 6) is -1.98. The van der Waals surface area contributed by atoms with Crippen LogP contribution in [0.5, 0.6) is 5.75 Å². The zero-order chi connectivity index (χ0) is 22.8. The Morgan fingerprint density at radius 2 is 1.84 bits per heavy atom. The van der Waals surface area contributed by atoms with E-state index in [9.17, 15) is 30.4 Å². The third-order valence-corrected chi connectivity index (χ3v) is 6.04. The number of halogens is 5. The number of ether oxygens (including phenoxy) is 1. The molecule has 170 valence electrons. The highest BCUT2D eigenvalue weighted by atomic mass is 32.2. The summed E-state index contributed by atoms with van der Waals surface area (Å²) in [5, 5.41) is 5.31. The van der Waals surface area contributed by atoms with Crippen LogP contribution in [0.15, 0.2) is 47.4 Å². The Morgan fingerprint density at radius 3 is 2.42 bits per heavy atom. The summed E-state index contributed by atoms with van der Waals surface area (Å²) in [6, 6.07) is 7.88. The average molecular weight is 464 g/mol. The molecule has 0 saturated carbocycles. The summed E-state index contributed by atoms with van der Waals surface area (Å²) in [6.07, 6.45) is -5.08. The predicted octanol–water partition coefficient (Wildman–Crippen LogP) is 3.94. The Hall–Kier alpha value is -2.24. The second-order valence-electron chi connectivity index (χ2n) is 7.40. The molecule has 1 aliphatic rings. The summed E-state index contributed by atoms with van der Waals surface area (Å²) in [4.78, 5) is 1.37. The van der Waals surface area contributed by atoms with Crippen molar-refractivity contribution in [2.45, 2.75) is 36.2 Å². The van der Waals surface area contributed by atoms with Gasteiger partial charge in [-0.05, 0) is 60.8 Å². The van der Waals surface area contributed by atoms with Crippen molar-refractivity contribution in [2.75, 3.05) is 19.6 Å². The molecule has 2 aromatic carbocycles. The van der Waals surface area contributed by atoms with E-state index in [4.69, 9.17) is 5.14 Å². The number of hydrogen-bond acceptors (Lipinski definition) is 4. The van der Waals surface area contributed by atoms with Crippen LogP contribution in [0.3, 0.4) is 0 Å². The number of piperidine rings is 1. The minimum absolute atomic E-state index is 0.0446. The van der Waals surface area contributed by atoms with Gasteiger partial charge in [-0.15, -0.1) is 13.2 Å². The van der Waals surface area contributed by atoms with Crippen LogP contribution in [0, 0.1) is 5.82 Å². The lowest BCUT2D eigenvalue weighted by Gasteiger charge is -2.33. The maximum atomic E-state index is 13.9. The molecule has 1 aliphatic heterocycles. The quantitative estimate of drug-likeness (QED) is 0.658. The lowest BCUT2D eigenvalue weighted by molar-refractivity contribution is -0.274. The molecule has 1 saturated heterocycles. The second kappa shape index (κ2) is 9.09. The highest BCUT2D eigenvalue weighted by Crippen LogP contribution is 2.35. The van der Waals surface area contributed by atoms with Crippen LogP contribution in [0.2, 0.25) is 0 Å². The highest BCUT2D eigenvalue weighted by molar-refractivity contribution is 7.89. The van der Waals surface area contributed by atoms with Crippen molar-refractivity contribution in [2.24, 2.45) is 5.14 Å². The highest BCUT2D eigenvalue weighted by Gasteiger charge is 2.33. The third-order valence-electron chi connectivity index (χ3n) is 5.06. The van der Waals surface area contributed by atoms with Gasteiger partial charge in [0.25, 0.3) is 0 Å². The Kier molecular flexibility index (Phi) is 6.87. The number of sulfonamides is 1. The van der Waals surface area contributed by atoms with Crippen molar-refractivity contribution < 1.29 is 35.1 Å². The molecule has 0 unspecified atom stereocenters. The van der Waals surface area contributed by atoms with Gasteiger partial charge in [0, 0.05) is 19.0 Å². The zero-order valence-electron chi connectivity index (χ0n) is 16.3. The van der Waals surface area contributed by atoms with Gasteiger partial charge in [0.05, 0.1) is 4.90 Å². The molecular weight excluding hydrogens is 443 g/mol. The lowest BCUT2D eigenvalue weighted by atomic mass is 9.89.